The fourth-order valence-corrected chi connectivity index (χ4v) is 3.14. The number of fused-ring (bicyclic) bond motifs is 1. The minimum Gasteiger partial charge on any atom is -0.462 e. The third-order valence-electron chi connectivity index (χ3n) is 4.57. The van der Waals surface area contributed by atoms with Crippen molar-refractivity contribution in [2.24, 2.45) is 0 Å². The molecular weight excluding hydrogens is 322 g/mol. The number of aromatic amines is 1. The normalized spacial score (nSPS) is 16.6. The average Bonchev–Trinajstić information content (AvgIpc) is 3.00. The lowest BCUT2D eigenvalue weighted by Crippen LogP contribution is -2.48. The average molecular weight is 347 g/mol. The Morgan fingerprint density at radius 2 is 2.04 bits per heavy atom. The topological polar surface area (TPSA) is 82.9 Å². The Morgan fingerprint density at radius 1 is 1.32 bits per heavy atom. The van der Waals surface area contributed by atoms with Crippen LogP contribution in [0.15, 0.2) is 17.1 Å². The van der Waals surface area contributed by atoms with Gasteiger partial charge in [-0.3, -0.25) is 19.7 Å². The van der Waals surface area contributed by atoms with Gasteiger partial charge in [-0.1, -0.05) is 0 Å². The molecule has 0 aromatic carbocycles. The van der Waals surface area contributed by atoms with Crippen LogP contribution in [0.1, 0.15) is 36.8 Å². The summed E-state index contributed by atoms with van der Waals surface area (Å²) in [5, 5.41) is 2.77. The number of hydrogen-bond acceptors (Lipinski definition) is 6. The van der Waals surface area contributed by atoms with E-state index in [1.807, 2.05) is 0 Å². The van der Waals surface area contributed by atoms with E-state index in [0.29, 0.717) is 23.9 Å². The predicted octanol–water partition coefficient (Wildman–Crippen LogP) is 0.725. The molecule has 1 N–H and O–H groups in total. The molecule has 2 aromatic heterocycles. The van der Waals surface area contributed by atoms with Crippen LogP contribution in [-0.4, -0.2) is 69.2 Å². The van der Waals surface area contributed by atoms with Crippen LogP contribution in [0, 0.1) is 0 Å². The molecule has 8 heteroatoms. The maximum absolute atomic E-state index is 12.3. The summed E-state index contributed by atoms with van der Waals surface area (Å²) < 4.78 is 6.30. The summed E-state index contributed by atoms with van der Waals surface area (Å²) >= 11 is 0. The first-order valence-corrected chi connectivity index (χ1v) is 8.73. The summed E-state index contributed by atoms with van der Waals surface area (Å²) in [5.41, 5.74) is 1.05. The second-order valence-electron chi connectivity index (χ2n) is 6.56. The van der Waals surface area contributed by atoms with Crippen molar-refractivity contribution >= 4 is 11.6 Å². The lowest BCUT2D eigenvalue weighted by molar-refractivity contribution is 0.0528. The van der Waals surface area contributed by atoms with E-state index in [4.69, 9.17) is 4.74 Å². The highest BCUT2D eigenvalue weighted by Gasteiger charge is 2.21. The SMILES string of the molecule is CCOC(=O)c1c[nH]n2c(=O)cc(CN3CCN(C(C)C)CC3)nc12. The molecule has 1 fully saturated rings. The van der Waals surface area contributed by atoms with Gasteiger partial charge < -0.3 is 4.74 Å². The van der Waals surface area contributed by atoms with E-state index in [-0.39, 0.29) is 17.7 Å². The Morgan fingerprint density at radius 3 is 2.68 bits per heavy atom. The van der Waals surface area contributed by atoms with Crippen LogP contribution in [0.5, 0.6) is 0 Å². The molecule has 1 aliphatic rings. The van der Waals surface area contributed by atoms with Gasteiger partial charge in [0.15, 0.2) is 5.65 Å². The number of ether oxygens (including phenoxy) is 1. The summed E-state index contributed by atoms with van der Waals surface area (Å²) in [6, 6.07) is 2.07. The molecule has 0 amide bonds. The van der Waals surface area contributed by atoms with E-state index in [9.17, 15) is 9.59 Å². The minimum atomic E-state index is -0.476. The zero-order valence-electron chi connectivity index (χ0n) is 15.0. The standard InChI is InChI=1S/C17H25N5O3/c1-4-25-17(24)14-10-18-22-15(23)9-13(19-16(14)22)11-20-5-7-21(8-6-20)12(2)3/h9-10,12,18H,4-8,11H2,1-3H3. The number of nitrogens with one attached hydrogen (secondary N) is 1. The molecule has 25 heavy (non-hydrogen) atoms. The maximum atomic E-state index is 12.3. The summed E-state index contributed by atoms with van der Waals surface area (Å²) in [7, 11) is 0. The molecule has 3 heterocycles. The first kappa shape index (κ1) is 17.6. The number of hydrogen-bond donors (Lipinski definition) is 1. The van der Waals surface area contributed by atoms with E-state index in [0.717, 1.165) is 26.2 Å². The Balaban J connectivity index is 1.80. The van der Waals surface area contributed by atoms with Crippen molar-refractivity contribution in [1.29, 1.82) is 0 Å². The van der Waals surface area contributed by atoms with E-state index >= 15 is 0 Å². The molecule has 0 bridgehead atoms. The largest absolute Gasteiger partial charge is 0.462 e. The predicted molar refractivity (Wildman–Crippen MR) is 93.8 cm³/mol. The summed E-state index contributed by atoms with van der Waals surface area (Å²) in [5.74, 6) is -0.476. The molecule has 1 saturated heterocycles. The van der Waals surface area contributed by atoms with Gasteiger partial charge in [0.2, 0.25) is 0 Å². The highest BCUT2D eigenvalue weighted by Crippen LogP contribution is 2.12. The fraction of sp³-hybridized carbons (Fsp3) is 0.588. The number of esters is 1. The number of piperazine rings is 1. The zero-order valence-corrected chi connectivity index (χ0v) is 15.0. The van der Waals surface area contributed by atoms with Gasteiger partial charge in [0.25, 0.3) is 5.56 Å². The first-order chi connectivity index (χ1) is 12.0. The second kappa shape index (κ2) is 7.37. The van der Waals surface area contributed by atoms with Crippen LogP contribution in [0.4, 0.5) is 0 Å². The van der Waals surface area contributed by atoms with E-state index in [1.54, 1.807) is 6.92 Å². The van der Waals surface area contributed by atoms with Crippen LogP contribution in [0.3, 0.4) is 0 Å². The third-order valence-corrected chi connectivity index (χ3v) is 4.57. The van der Waals surface area contributed by atoms with Crippen LogP contribution in [-0.2, 0) is 11.3 Å². The van der Waals surface area contributed by atoms with Gasteiger partial charge in [-0.2, -0.15) is 0 Å². The van der Waals surface area contributed by atoms with Crippen molar-refractivity contribution in [1.82, 2.24) is 24.4 Å². The molecule has 2 aromatic rings. The van der Waals surface area contributed by atoms with Crippen molar-refractivity contribution in [3.63, 3.8) is 0 Å². The zero-order chi connectivity index (χ0) is 18.0. The van der Waals surface area contributed by atoms with Crippen molar-refractivity contribution in [3.05, 3.63) is 33.9 Å². The van der Waals surface area contributed by atoms with Gasteiger partial charge in [-0.25, -0.2) is 14.3 Å². The molecule has 0 radical (unpaired) electrons. The van der Waals surface area contributed by atoms with Gasteiger partial charge in [0.05, 0.1) is 12.3 Å². The summed E-state index contributed by atoms with van der Waals surface area (Å²) in [4.78, 5) is 33.6. The molecule has 0 atom stereocenters. The molecule has 0 saturated carbocycles. The maximum Gasteiger partial charge on any atom is 0.343 e. The number of carbonyl (C=O) groups excluding carboxylic acids is 1. The number of nitrogens with zero attached hydrogens (tertiary/aromatic N) is 4. The van der Waals surface area contributed by atoms with Gasteiger partial charge in [-0.15, -0.1) is 0 Å². The van der Waals surface area contributed by atoms with Crippen LogP contribution in [0.2, 0.25) is 0 Å². The molecule has 0 spiro atoms. The van der Waals surface area contributed by atoms with Crippen LogP contribution < -0.4 is 5.56 Å². The van der Waals surface area contributed by atoms with Crippen molar-refractivity contribution < 1.29 is 9.53 Å². The fourth-order valence-electron chi connectivity index (χ4n) is 3.14. The van der Waals surface area contributed by atoms with Crippen molar-refractivity contribution in [2.75, 3.05) is 32.8 Å². The van der Waals surface area contributed by atoms with Crippen molar-refractivity contribution in [2.45, 2.75) is 33.4 Å². The molecule has 1 aliphatic heterocycles. The molecule has 136 valence electrons. The number of carbonyl (C=O) groups is 1. The highest BCUT2D eigenvalue weighted by atomic mass is 16.5. The third kappa shape index (κ3) is 3.74. The van der Waals surface area contributed by atoms with Crippen molar-refractivity contribution in [3.8, 4) is 0 Å². The van der Waals surface area contributed by atoms with E-state index < -0.39 is 5.97 Å². The molecule has 0 aliphatic carbocycles. The Labute approximate surface area is 146 Å². The number of H-pyrrole nitrogens is 1. The Kier molecular flexibility index (Phi) is 5.19. The monoisotopic (exact) mass is 347 g/mol. The summed E-state index contributed by atoms with van der Waals surface area (Å²) in [6.45, 7) is 10.9. The summed E-state index contributed by atoms with van der Waals surface area (Å²) in [6.07, 6.45) is 1.47. The highest BCUT2D eigenvalue weighted by molar-refractivity contribution is 5.95. The Hall–Kier alpha value is -2.19. The van der Waals surface area contributed by atoms with Gasteiger partial charge >= 0.3 is 5.97 Å². The van der Waals surface area contributed by atoms with E-state index in [1.165, 1.54) is 16.8 Å². The minimum absolute atomic E-state index is 0.226. The quantitative estimate of drug-likeness (QED) is 0.803. The second-order valence-corrected chi connectivity index (χ2v) is 6.56. The first-order valence-electron chi connectivity index (χ1n) is 8.73. The van der Waals surface area contributed by atoms with Gasteiger partial charge in [-0.05, 0) is 20.8 Å². The number of aromatic nitrogens is 3. The Bertz CT molecular complexity index is 802. The smallest absolute Gasteiger partial charge is 0.343 e. The van der Waals surface area contributed by atoms with Gasteiger partial charge in [0, 0.05) is 51.0 Å². The van der Waals surface area contributed by atoms with Crippen LogP contribution >= 0.6 is 0 Å². The molecule has 0 unspecified atom stereocenters. The lowest BCUT2D eigenvalue weighted by Gasteiger charge is -2.36. The molecule has 3 rings (SSSR count). The van der Waals surface area contributed by atoms with E-state index in [2.05, 4.69) is 33.7 Å². The molecule has 8 nitrogen and oxygen atoms in total. The number of rotatable bonds is 5. The van der Waals surface area contributed by atoms with Crippen LogP contribution in [0.25, 0.3) is 5.65 Å². The molecular formula is C17H25N5O3. The van der Waals surface area contributed by atoms with Gasteiger partial charge in [0.1, 0.15) is 5.56 Å². The lowest BCUT2D eigenvalue weighted by atomic mass is 10.2.